The van der Waals surface area contributed by atoms with Gasteiger partial charge < -0.3 is 5.32 Å². The molecule has 0 radical (unpaired) electrons. The van der Waals surface area contributed by atoms with Crippen molar-refractivity contribution >= 4 is 0 Å². The summed E-state index contributed by atoms with van der Waals surface area (Å²) < 4.78 is 12.9. The van der Waals surface area contributed by atoms with Crippen LogP contribution in [-0.4, -0.2) is 12.0 Å². The Balaban J connectivity index is 2.17. The van der Waals surface area contributed by atoms with Gasteiger partial charge in [0.25, 0.3) is 0 Å². The number of halogens is 1. The van der Waals surface area contributed by atoms with Crippen LogP contribution >= 0.6 is 0 Å². The van der Waals surface area contributed by atoms with Crippen LogP contribution in [0.15, 0.2) is 42.6 Å². The normalized spacial score (nSPS) is 12.4. The molecule has 2 aromatic rings. The third-order valence-electron chi connectivity index (χ3n) is 3.02. The van der Waals surface area contributed by atoms with Crippen LogP contribution in [0, 0.1) is 12.7 Å². The van der Waals surface area contributed by atoms with Gasteiger partial charge in [0, 0.05) is 17.9 Å². The Morgan fingerprint density at radius 2 is 1.94 bits per heavy atom. The van der Waals surface area contributed by atoms with Crippen molar-refractivity contribution in [2.45, 2.75) is 19.4 Å². The van der Waals surface area contributed by atoms with E-state index >= 15 is 0 Å². The Labute approximate surface area is 107 Å². The maximum absolute atomic E-state index is 12.9. The second kappa shape index (κ2) is 5.74. The zero-order valence-corrected chi connectivity index (χ0v) is 10.7. The highest BCUT2D eigenvalue weighted by atomic mass is 19.1. The first kappa shape index (κ1) is 12.7. The molecule has 1 N–H and O–H groups in total. The molecule has 0 aliphatic rings. The van der Waals surface area contributed by atoms with Crippen LogP contribution in [0.25, 0.3) is 0 Å². The average Bonchev–Trinajstić information content (AvgIpc) is 2.38. The number of hydrogen-bond acceptors (Lipinski definition) is 2. The Morgan fingerprint density at radius 1 is 1.22 bits per heavy atom. The molecule has 1 heterocycles. The average molecular weight is 244 g/mol. The van der Waals surface area contributed by atoms with E-state index in [2.05, 4.69) is 16.4 Å². The summed E-state index contributed by atoms with van der Waals surface area (Å²) in [6.07, 6.45) is 2.65. The lowest BCUT2D eigenvalue weighted by molar-refractivity contribution is 0.587. The van der Waals surface area contributed by atoms with Crippen molar-refractivity contribution in [2.75, 3.05) is 7.05 Å². The van der Waals surface area contributed by atoms with E-state index < -0.39 is 0 Å². The van der Waals surface area contributed by atoms with Crippen molar-refractivity contribution in [3.63, 3.8) is 0 Å². The lowest BCUT2D eigenvalue weighted by Crippen LogP contribution is -2.19. The number of likely N-dealkylation sites (N-methyl/N-ethyl adjacent to an activating group) is 1. The van der Waals surface area contributed by atoms with E-state index in [-0.39, 0.29) is 11.9 Å². The SMILES string of the molecule is CNC(Cc1ccc(F)cc1)c1ccnc(C)c1. The van der Waals surface area contributed by atoms with Gasteiger partial charge >= 0.3 is 0 Å². The lowest BCUT2D eigenvalue weighted by atomic mass is 9.99. The van der Waals surface area contributed by atoms with Crippen molar-refractivity contribution < 1.29 is 4.39 Å². The Kier molecular flexibility index (Phi) is 4.05. The molecule has 0 saturated heterocycles. The lowest BCUT2D eigenvalue weighted by Gasteiger charge is -2.17. The molecule has 3 heteroatoms. The molecule has 0 fully saturated rings. The first-order chi connectivity index (χ1) is 8.69. The monoisotopic (exact) mass is 244 g/mol. The zero-order valence-electron chi connectivity index (χ0n) is 10.7. The van der Waals surface area contributed by atoms with Crippen LogP contribution in [0.3, 0.4) is 0 Å². The summed E-state index contributed by atoms with van der Waals surface area (Å²) in [5.41, 5.74) is 3.33. The molecule has 1 unspecified atom stereocenters. The Morgan fingerprint density at radius 3 is 2.56 bits per heavy atom. The molecular weight excluding hydrogens is 227 g/mol. The van der Waals surface area contributed by atoms with E-state index in [4.69, 9.17) is 0 Å². The molecule has 1 atom stereocenters. The van der Waals surface area contributed by atoms with Crippen LogP contribution in [0.4, 0.5) is 4.39 Å². The van der Waals surface area contributed by atoms with Crippen LogP contribution < -0.4 is 5.32 Å². The molecule has 0 spiro atoms. The topological polar surface area (TPSA) is 24.9 Å². The number of hydrogen-bond donors (Lipinski definition) is 1. The summed E-state index contributed by atoms with van der Waals surface area (Å²) in [7, 11) is 1.93. The van der Waals surface area contributed by atoms with Crippen molar-refractivity contribution in [2.24, 2.45) is 0 Å². The largest absolute Gasteiger partial charge is 0.313 e. The molecule has 1 aromatic carbocycles. The molecule has 0 aliphatic carbocycles. The van der Waals surface area contributed by atoms with Gasteiger partial charge in [0.05, 0.1) is 0 Å². The molecule has 2 rings (SSSR count). The van der Waals surface area contributed by atoms with Crippen LogP contribution in [0.1, 0.15) is 22.9 Å². The smallest absolute Gasteiger partial charge is 0.123 e. The minimum absolute atomic E-state index is 0.195. The minimum atomic E-state index is -0.195. The highest BCUT2D eigenvalue weighted by Gasteiger charge is 2.10. The number of rotatable bonds is 4. The number of nitrogens with zero attached hydrogens (tertiary/aromatic N) is 1. The first-order valence-corrected chi connectivity index (χ1v) is 6.03. The summed E-state index contributed by atoms with van der Waals surface area (Å²) in [6, 6.07) is 11.0. The molecule has 1 aromatic heterocycles. The van der Waals surface area contributed by atoms with E-state index in [1.54, 1.807) is 0 Å². The zero-order chi connectivity index (χ0) is 13.0. The maximum atomic E-state index is 12.9. The van der Waals surface area contributed by atoms with Gasteiger partial charge in [-0.2, -0.15) is 0 Å². The number of aryl methyl sites for hydroxylation is 1. The fraction of sp³-hybridized carbons (Fsp3) is 0.267. The van der Waals surface area contributed by atoms with Gasteiger partial charge in [0.15, 0.2) is 0 Å². The Hall–Kier alpha value is -1.74. The van der Waals surface area contributed by atoms with E-state index in [0.717, 1.165) is 17.7 Å². The Bertz CT molecular complexity index is 508. The summed E-state index contributed by atoms with van der Waals surface area (Å²) >= 11 is 0. The number of nitrogens with one attached hydrogen (secondary N) is 1. The van der Waals surface area contributed by atoms with E-state index in [1.165, 1.54) is 17.7 Å². The molecule has 0 saturated carbocycles. The van der Waals surface area contributed by atoms with Gasteiger partial charge in [-0.3, -0.25) is 4.98 Å². The van der Waals surface area contributed by atoms with E-state index in [1.807, 2.05) is 38.4 Å². The standard InChI is InChI=1S/C15H17FN2/c1-11-9-13(7-8-18-11)15(17-2)10-12-3-5-14(16)6-4-12/h3-9,15,17H,10H2,1-2H3. The fourth-order valence-corrected chi connectivity index (χ4v) is 2.03. The predicted molar refractivity (Wildman–Crippen MR) is 70.9 cm³/mol. The first-order valence-electron chi connectivity index (χ1n) is 6.03. The van der Waals surface area contributed by atoms with Crippen molar-refractivity contribution in [1.82, 2.24) is 10.3 Å². The molecule has 0 aliphatic heterocycles. The third kappa shape index (κ3) is 3.14. The maximum Gasteiger partial charge on any atom is 0.123 e. The summed E-state index contributed by atoms with van der Waals surface area (Å²) in [5.74, 6) is -0.195. The highest BCUT2D eigenvalue weighted by molar-refractivity contribution is 5.24. The van der Waals surface area contributed by atoms with Crippen molar-refractivity contribution in [1.29, 1.82) is 0 Å². The molecule has 94 valence electrons. The van der Waals surface area contributed by atoms with Gasteiger partial charge in [-0.1, -0.05) is 12.1 Å². The van der Waals surface area contributed by atoms with E-state index in [0.29, 0.717) is 0 Å². The molecule has 0 bridgehead atoms. The highest BCUT2D eigenvalue weighted by Crippen LogP contribution is 2.18. The predicted octanol–water partition coefficient (Wildman–Crippen LogP) is 3.03. The van der Waals surface area contributed by atoms with Crippen LogP contribution in [0.2, 0.25) is 0 Å². The van der Waals surface area contributed by atoms with E-state index in [9.17, 15) is 4.39 Å². The second-order valence-electron chi connectivity index (χ2n) is 4.40. The van der Waals surface area contributed by atoms with Gasteiger partial charge in [-0.25, -0.2) is 4.39 Å². The van der Waals surface area contributed by atoms with Crippen LogP contribution in [0.5, 0.6) is 0 Å². The summed E-state index contributed by atoms with van der Waals surface area (Å²) in [5, 5.41) is 3.29. The summed E-state index contributed by atoms with van der Waals surface area (Å²) in [6.45, 7) is 1.98. The molecule has 18 heavy (non-hydrogen) atoms. The molecule has 0 amide bonds. The minimum Gasteiger partial charge on any atom is -0.313 e. The van der Waals surface area contributed by atoms with Crippen LogP contribution in [-0.2, 0) is 6.42 Å². The number of pyridine rings is 1. The number of benzene rings is 1. The van der Waals surface area contributed by atoms with Crippen molar-refractivity contribution in [3.05, 3.63) is 65.2 Å². The molecule has 2 nitrogen and oxygen atoms in total. The third-order valence-corrected chi connectivity index (χ3v) is 3.02. The fourth-order valence-electron chi connectivity index (χ4n) is 2.03. The molecular formula is C15H17FN2. The van der Waals surface area contributed by atoms with Gasteiger partial charge in [0.2, 0.25) is 0 Å². The quantitative estimate of drug-likeness (QED) is 0.894. The van der Waals surface area contributed by atoms with Gasteiger partial charge in [-0.05, 0) is 55.8 Å². The summed E-state index contributed by atoms with van der Waals surface area (Å²) in [4.78, 5) is 4.20. The van der Waals surface area contributed by atoms with Crippen molar-refractivity contribution in [3.8, 4) is 0 Å². The van der Waals surface area contributed by atoms with Gasteiger partial charge in [0.1, 0.15) is 5.82 Å². The van der Waals surface area contributed by atoms with Gasteiger partial charge in [-0.15, -0.1) is 0 Å². The number of aromatic nitrogens is 1. The second-order valence-corrected chi connectivity index (χ2v) is 4.40.